The number of amides is 1. The second-order valence-corrected chi connectivity index (χ2v) is 5.32. The monoisotopic (exact) mass is 247 g/mol. The smallest absolute Gasteiger partial charge is 0.240 e. The van der Waals surface area contributed by atoms with E-state index in [1.807, 2.05) is 30.9 Å². The van der Waals surface area contributed by atoms with E-state index in [0.717, 1.165) is 18.4 Å². The molecule has 2 N–H and O–H groups in total. The Kier molecular flexibility index (Phi) is 3.97. The highest BCUT2D eigenvalue weighted by atomic mass is 16.2. The van der Waals surface area contributed by atoms with Crippen molar-refractivity contribution in [2.75, 3.05) is 0 Å². The highest BCUT2D eigenvalue weighted by molar-refractivity contribution is 5.82. The van der Waals surface area contributed by atoms with Crippen molar-refractivity contribution >= 4 is 5.91 Å². The largest absolute Gasteiger partial charge is 0.334 e. The molecule has 1 amide bonds. The lowest BCUT2D eigenvalue weighted by atomic mass is 10.0. The van der Waals surface area contributed by atoms with E-state index >= 15 is 0 Å². The third kappa shape index (κ3) is 3.07. The van der Waals surface area contributed by atoms with Gasteiger partial charge in [0, 0.05) is 25.0 Å². The first-order chi connectivity index (χ1) is 8.59. The maximum absolute atomic E-state index is 12.4. The van der Waals surface area contributed by atoms with Gasteiger partial charge in [-0.05, 0) is 36.5 Å². The Morgan fingerprint density at radius 3 is 2.56 bits per heavy atom. The van der Waals surface area contributed by atoms with Crippen LogP contribution >= 0.6 is 0 Å². The minimum absolute atomic E-state index is 0.0734. The molecule has 98 valence electrons. The predicted molar refractivity (Wildman–Crippen MR) is 70.6 cm³/mol. The Bertz CT molecular complexity index is 401. The number of rotatable bonds is 5. The minimum atomic E-state index is -0.396. The summed E-state index contributed by atoms with van der Waals surface area (Å²) in [5.41, 5.74) is 7.09. The molecule has 0 aliphatic heterocycles. The predicted octanol–water partition coefficient (Wildman–Crippen LogP) is 1.56. The lowest BCUT2D eigenvalue weighted by Crippen LogP contribution is -2.47. The maximum Gasteiger partial charge on any atom is 0.240 e. The van der Waals surface area contributed by atoms with Crippen molar-refractivity contribution in [3.8, 4) is 0 Å². The van der Waals surface area contributed by atoms with Crippen molar-refractivity contribution in [1.29, 1.82) is 0 Å². The first kappa shape index (κ1) is 13.0. The van der Waals surface area contributed by atoms with Crippen molar-refractivity contribution in [3.63, 3.8) is 0 Å². The lowest BCUT2D eigenvalue weighted by molar-refractivity contribution is -0.134. The molecular weight excluding hydrogens is 226 g/mol. The van der Waals surface area contributed by atoms with Crippen molar-refractivity contribution in [3.05, 3.63) is 30.1 Å². The third-order valence-corrected chi connectivity index (χ3v) is 3.38. The molecule has 1 unspecified atom stereocenters. The van der Waals surface area contributed by atoms with E-state index in [2.05, 4.69) is 4.98 Å². The molecule has 0 bridgehead atoms. The van der Waals surface area contributed by atoms with Gasteiger partial charge < -0.3 is 10.6 Å². The highest BCUT2D eigenvalue weighted by Gasteiger charge is 2.35. The van der Waals surface area contributed by atoms with E-state index in [0.29, 0.717) is 12.6 Å². The Morgan fingerprint density at radius 2 is 2.06 bits per heavy atom. The number of pyridine rings is 1. The fourth-order valence-electron chi connectivity index (χ4n) is 1.93. The van der Waals surface area contributed by atoms with Gasteiger partial charge in [0.2, 0.25) is 5.91 Å². The summed E-state index contributed by atoms with van der Waals surface area (Å²) in [5.74, 6) is 0.250. The number of carbonyl (C=O) groups excluding carboxylic acids is 1. The topological polar surface area (TPSA) is 59.2 Å². The molecule has 1 aromatic rings. The fourth-order valence-corrected chi connectivity index (χ4v) is 1.93. The first-order valence-electron chi connectivity index (χ1n) is 6.54. The van der Waals surface area contributed by atoms with E-state index in [-0.39, 0.29) is 11.8 Å². The quantitative estimate of drug-likeness (QED) is 0.859. The molecule has 1 atom stereocenters. The summed E-state index contributed by atoms with van der Waals surface area (Å²) in [6.07, 6.45) is 5.71. The summed E-state index contributed by atoms with van der Waals surface area (Å²) in [6.45, 7) is 4.62. The Labute approximate surface area is 108 Å². The maximum atomic E-state index is 12.4. The van der Waals surface area contributed by atoms with Crippen LogP contribution < -0.4 is 5.73 Å². The van der Waals surface area contributed by atoms with Crippen LogP contribution in [0.5, 0.6) is 0 Å². The van der Waals surface area contributed by atoms with Crippen molar-refractivity contribution in [2.45, 2.75) is 45.3 Å². The molecule has 0 aromatic carbocycles. The molecule has 4 heteroatoms. The second kappa shape index (κ2) is 5.48. The van der Waals surface area contributed by atoms with Crippen LogP contribution in [-0.4, -0.2) is 27.9 Å². The summed E-state index contributed by atoms with van der Waals surface area (Å²) < 4.78 is 0. The van der Waals surface area contributed by atoms with Gasteiger partial charge in [-0.1, -0.05) is 13.8 Å². The van der Waals surface area contributed by atoms with Gasteiger partial charge in [0.05, 0.1) is 6.04 Å². The average Bonchev–Trinajstić information content (AvgIpc) is 3.19. The van der Waals surface area contributed by atoms with Crippen LogP contribution in [0.25, 0.3) is 0 Å². The summed E-state index contributed by atoms with van der Waals surface area (Å²) >= 11 is 0. The van der Waals surface area contributed by atoms with Crippen LogP contribution in [0.1, 0.15) is 32.3 Å². The van der Waals surface area contributed by atoms with Crippen molar-refractivity contribution < 1.29 is 4.79 Å². The normalized spacial score (nSPS) is 16.7. The molecule has 1 aliphatic rings. The lowest BCUT2D eigenvalue weighted by Gasteiger charge is -2.27. The zero-order valence-electron chi connectivity index (χ0n) is 11.0. The van der Waals surface area contributed by atoms with E-state index < -0.39 is 6.04 Å². The summed E-state index contributed by atoms with van der Waals surface area (Å²) in [4.78, 5) is 18.3. The van der Waals surface area contributed by atoms with Gasteiger partial charge in [-0.15, -0.1) is 0 Å². The average molecular weight is 247 g/mol. The number of nitrogens with two attached hydrogens (primary N) is 1. The van der Waals surface area contributed by atoms with E-state index in [9.17, 15) is 4.79 Å². The molecule has 18 heavy (non-hydrogen) atoms. The van der Waals surface area contributed by atoms with Gasteiger partial charge in [0.15, 0.2) is 0 Å². The molecule has 0 saturated heterocycles. The number of nitrogens with zero attached hydrogens (tertiary/aromatic N) is 2. The Balaban J connectivity index is 2.07. The molecule has 4 nitrogen and oxygen atoms in total. The third-order valence-electron chi connectivity index (χ3n) is 3.38. The summed E-state index contributed by atoms with van der Waals surface area (Å²) in [7, 11) is 0. The molecular formula is C14H21N3O. The number of hydrogen-bond acceptors (Lipinski definition) is 3. The molecule has 1 aromatic heterocycles. The molecule has 1 aliphatic carbocycles. The summed E-state index contributed by atoms with van der Waals surface area (Å²) in [6, 6.07) is 3.88. The number of carbonyl (C=O) groups is 1. The number of aromatic nitrogens is 1. The van der Waals surface area contributed by atoms with Crippen LogP contribution in [-0.2, 0) is 11.3 Å². The molecule has 1 heterocycles. The van der Waals surface area contributed by atoms with Crippen LogP contribution in [0.3, 0.4) is 0 Å². The minimum Gasteiger partial charge on any atom is -0.334 e. The van der Waals surface area contributed by atoms with E-state index in [4.69, 9.17) is 5.73 Å². The standard InChI is InChI=1S/C14H21N3O/c1-10(2)13(15)14(18)17(12-3-4-12)9-11-5-7-16-8-6-11/h5-8,10,12-13H,3-4,9,15H2,1-2H3. The molecule has 1 fully saturated rings. The van der Waals surface area contributed by atoms with Gasteiger partial charge in [-0.3, -0.25) is 9.78 Å². The number of hydrogen-bond donors (Lipinski definition) is 1. The first-order valence-corrected chi connectivity index (χ1v) is 6.54. The SMILES string of the molecule is CC(C)C(N)C(=O)N(Cc1ccncc1)C1CC1. The van der Waals surface area contributed by atoms with Gasteiger partial charge in [-0.2, -0.15) is 0 Å². The van der Waals surface area contributed by atoms with Crippen molar-refractivity contribution in [2.24, 2.45) is 11.7 Å². The molecule has 0 spiro atoms. The molecule has 0 radical (unpaired) electrons. The molecule has 1 saturated carbocycles. The zero-order valence-corrected chi connectivity index (χ0v) is 11.0. The zero-order chi connectivity index (χ0) is 13.1. The molecule has 2 rings (SSSR count). The second-order valence-electron chi connectivity index (χ2n) is 5.32. The van der Waals surface area contributed by atoms with Gasteiger partial charge >= 0.3 is 0 Å². The highest BCUT2D eigenvalue weighted by Crippen LogP contribution is 2.29. The fraction of sp³-hybridized carbons (Fsp3) is 0.571. The van der Waals surface area contributed by atoms with Crippen LogP contribution in [0.2, 0.25) is 0 Å². The van der Waals surface area contributed by atoms with Gasteiger partial charge in [0.25, 0.3) is 0 Å². The van der Waals surface area contributed by atoms with Crippen LogP contribution in [0.15, 0.2) is 24.5 Å². The summed E-state index contributed by atoms with van der Waals surface area (Å²) in [5, 5.41) is 0. The van der Waals surface area contributed by atoms with Gasteiger partial charge in [0.1, 0.15) is 0 Å². The van der Waals surface area contributed by atoms with Gasteiger partial charge in [-0.25, -0.2) is 0 Å². The van der Waals surface area contributed by atoms with Crippen LogP contribution in [0, 0.1) is 5.92 Å². The Hall–Kier alpha value is -1.42. The van der Waals surface area contributed by atoms with E-state index in [1.54, 1.807) is 12.4 Å². The van der Waals surface area contributed by atoms with Crippen molar-refractivity contribution in [1.82, 2.24) is 9.88 Å². The van der Waals surface area contributed by atoms with Crippen LogP contribution in [0.4, 0.5) is 0 Å². The van der Waals surface area contributed by atoms with E-state index in [1.165, 1.54) is 0 Å². The Morgan fingerprint density at radius 1 is 1.44 bits per heavy atom.